The summed E-state index contributed by atoms with van der Waals surface area (Å²) < 4.78 is 18.6. The number of nitrogens with zero attached hydrogens (tertiary/aromatic N) is 2. The molecule has 1 rings (SSSR count). The van der Waals surface area contributed by atoms with Crippen molar-refractivity contribution in [3.8, 4) is 0 Å². The third-order valence-corrected chi connectivity index (χ3v) is 4.17. The van der Waals surface area contributed by atoms with E-state index in [2.05, 4.69) is 12.0 Å². The summed E-state index contributed by atoms with van der Waals surface area (Å²) in [4.78, 5) is 11.7. The molecule has 1 aromatic heterocycles. The molecule has 0 fully saturated rings. The fourth-order valence-corrected chi connectivity index (χ4v) is 3.07. The van der Waals surface area contributed by atoms with Gasteiger partial charge in [0.2, 0.25) is 0 Å². The van der Waals surface area contributed by atoms with Crippen molar-refractivity contribution in [2.75, 3.05) is 12.4 Å². The van der Waals surface area contributed by atoms with Crippen molar-refractivity contribution >= 4 is 16.8 Å². The molecule has 0 bridgehead atoms. The minimum absolute atomic E-state index is 0.326. The van der Waals surface area contributed by atoms with Crippen molar-refractivity contribution in [3.05, 3.63) is 17.5 Å². The van der Waals surface area contributed by atoms with Gasteiger partial charge in [0, 0.05) is 23.6 Å². The highest BCUT2D eigenvalue weighted by Gasteiger charge is 2.18. The summed E-state index contributed by atoms with van der Waals surface area (Å²) >= 11 is 0. The molecule has 0 amide bonds. The second kappa shape index (κ2) is 8.09. The molecule has 5 nitrogen and oxygen atoms in total. The monoisotopic (exact) mass is 286 g/mol. The second-order valence-electron chi connectivity index (χ2n) is 4.34. The molecule has 108 valence electrons. The lowest BCUT2D eigenvalue weighted by molar-refractivity contribution is 0.0525. The van der Waals surface area contributed by atoms with Crippen LogP contribution in [0, 0.1) is 0 Å². The van der Waals surface area contributed by atoms with Crippen molar-refractivity contribution in [1.82, 2.24) is 9.78 Å². The van der Waals surface area contributed by atoms with Gasteiger partial charge >= 0.3 is 5.97 Å². The molecule has 19 heavy (non-hydrogen) atoms. The normalized spacial score (nSPS) is 12.4. The van der Waals surface area contributed by atoms with Crippen molar-refractivity contribution in [2.24, 2.45) is 7.05 Å². The number of esters is 1. The van der Waals surface area contributed by atoms with Gasteiger partial charge in [-0.3, -0.25) is 8.89 Å². The number of carbonyl (C=O) groups is 1. The Balaban J connectivity index is 2.69. The molecule has 6 heteroatoms. The summed E-state index contributed by atoms with van der Waals surface area (Å²) in [6.07, 6.45) is 4.63. The van der Waals surface area contributed by atoms with Gasteiger partial charge in [0.05, 0.1) is 24.3 Å². The van der Waals surface area contributed by atoms with Crippen LogP contribution in [0.5, 0.6) is 0 Å². The van der Waals surface area contributed by atoms with E-state index < -0.39 is 16.8 Å². The predicted octanol–water partition coefficient (Wildman–Crippen LogP) is 2.04. The van der Waals surface area contributed by atoms with Gasteiger partial charge in [-0.15, -0.1) is 0 Å². The molecule has 1 atom stereocenters. The maximum Gasteiger partial charge on any atom is 0.341 e. The van der Waals surface area contributed by atoms with Crippen LogP contribution in [0.25, 0.3) is 0 Å². The van der Waals surface area contributed by atoms with Crippen LogP contribution < -0.4 is 0 Å². The summed E-state index contributed by atoms with van der Waals surface area (Å²) in [5, 5.41) is 4.05. The standard InChI is InChI=1S/C13H22N2O3S/c1-4-6-7-8-19(17)10-12-11(9-14-15(12)3)13(16)18-5-2/h9H,4-8,10H2,1-3H3. The van der Waals surface area contributed by atoms with Crippen LogP contribution >= 0.6 is 0 Å². The van der Waals surface area contributed by atoms with Crippen molar-refractivity contribution in [1.29, 1.82) is 0 Å². The molecule has 0 aliphatic rings. The molecule has 0 N–H and O–H groups in total. The van der Waals surface area contributed by atoms with Gasteiger partial charge in [-0.1, -0.05) is 19.8 Å². The molecule has 0 spiro atoms. The van der Waals surface area contributed by atoms with Gasteiger partial charge in [0.1, 0.15) is 5.56 Å². The quantitative estimate of drug-likeness (QED) is 0.542. The summed E-state index contributed by atoms with van der Waals surface area (Å²) in [6, 6.07) is 0. The lowest BCUT2D eigenvalue weighted by atomic mass is 10.3. The zero-order valence-corrected chi connectivity index (χ0v) is 12.7. The molecule has 1 unspecified atom stereocenters. The fourth-order valence-electron chi connectivity index (χ4n) is 1.75. The Kier molecular flexibility index (Phi) is 6.77. The maximum absolute atomic E-state index is 12.0. The van der Waals surface area contributed by atoms with Crippen molar-refractivity contribution in [3.63, 3.8) is 0 Å². The van der Waals surface area contributed by atoms with Gasteiger partial charge in [0.25, 0.3) is 0 Å². The SMILES string of the molecule is CCCCCS(=O)Cc1c(C(=O)OCC)cnn1C. The number of hydrogen-bond acceptors (Lipinski definition) is 4. The smallest absolute Gasteiger partial charge is 0.341 e. The third-order valence-electron chi connectivity index (χ3n) is 2.83. The average Bonchev–Trinajstić information content (AvgIpc) is 2.72. The maximum atomic E-state index is 12.0. The Morgan fingerprint density at radius 3 is 2.79 bits per heavy atom. The number of ether oxygens (including phenoxy) is 1. The topological polar surface area (TPSA) is 61.2 Å². The first-order chi connectivity index (χ1) is 9.10. The number of carbonyl (C=O) groups excluding carboxylic acids is 1. The van der Waals surface area contributed by atoms with Crippen LogP contribution in [-0.2, 0) is 28.3 Å². The first kappa shape index (κ1) is 15.9. The Morgan fingerprint density at radius 1 is 1.42 bits per heavy atom. The summed E-state index contributed by atoms with van der Waals surface area (Å²) in [7, 11) is 0.791. The third kappa shape index (κ3) is 4.78. The van der Waals surface area contributed by atoms with Gasteiger partial charge < -0.3 is 4.74 Å². The van der Waals surface area contributed by atoms with E-state index in [0.29, 0.717) is 29.4 Å². The molecule has 0 saturated carbocycles. The van der Waals surface area contributed by atoms with E-state index in [1.54, 1.807) is 18.7 Å². The van der Waals surface area contributed by atoms with Crippen molar-refractivity contribution in [2.45, 2.75) is 38.9 Å². The van der Waals surface area contributed by atoms with Crippen LogP contribution in [-0.4, -0.2) is 32.3 Å². The number of aromatic nitrogens is 2. The van der Waals surface area contributed by atoms with E-state index >= 15 is 0 Å². The predicted molar refractivity (Wildman–Crippen MR) is 75.4 cm³/mol. The molecular weight excluding hydrogens is 264 g/mol. The van der Waals surface area contributed by atoms with Gasteiger partial charge in [-0.05, 0) is 13.3 Å². The number of aryl methyl sites for hydroxylation is 1. The largest absolute Gasteiger partial charge is 0.462 e. The average molecular weight is 286 g/mol. The molecule has 0 aliphatic heterocycles. The zero-order valence-electron chi connectivity index (χ0n) is 11.8. The van der Waals surface area contributed by atoms with Gasteiger partial charge in [0.15, 0.2) is 0 Å². The molecular formula is C13H22N2O3S. The molecule has 0 aliphatic carbocycles. The van der Waals surface area contributed by atoms with Crippen LogP contribution in [0.2, 0.25) is 0 Å². The Labute approximate surface area is 116 Å². The summed E-state index contributed by atoms with van der Waals surface area (Å²) in [6.45, 7) is 4.20. The van der Waals surface area contributed by atoms with E-state index in [0.717, 1.165) is 19.3 Å². The molecule has 0 aromatic carbocycles. The second-order valence-corrected chi connectivity index (χ2v) is 5.92. The molecule has 1 heterocycles. The highest BCUT2D eigenvalue weighted by atomic mass is 32.2. The minimum Gasteiger partial charge on any atom is -0.462 e. The minimum atomic E-state index is -0.961. The number of unbranched alkanes of at least 4 members (excludes halogenated alkanes) is 2. The highest BCUT2D eigenvalue weighted by Crippen LogP contribution is 2.13. The first-order valence-electron chi connectivity index (χ1n) is 6.63. The fraction of sp³-hybridized carbons (Fsp3) is 0.692. The summed E-state index contributed by atoms with van der Waals surface area (Å²) in [5.74, 6) is 0.631. The van der Waals surface area contributed by atoms with E-state index in [1.165, 1.54) is 6.20 Å². The number of hydrogen-bond donors (Lipinski definition) is 0. The van der Waals surface area contributed by atoms with Crippen LogP contribution in [0.1, 0.15) is 49.2 Å². The Hall–Kier alpha value is -1.17. The van der Waals surface area contributed by atoms with E-state index in [4.69, 9.17) is 4.74 Å². The number of rotatable bonds is 8. The van der Waals surface area contributed by atoms with Crippen LogP contribution in [0.15, 0.2) is 6.20 Å². The van der Waals surface area contributed by atoms with Crippen molar-refractivity contribution < 1.29 is 13.7 Å². The van der Waals surface area contributed by atoms with Gasteiger partial charge in [-0.25, -0.2) is 4.79 Å². The first-order valence-corrected chi connectivity index (χ1v) is 8.11. The Morgan fingerprint density at radius 2 is 2.16 bits per heavy atom. The van der Waals surface area contributed by atoms with E-state index in [-0.39, 0.29) is 0 Å². The van der Waals surface area contributed by atoms with Gasteiger partial charge in [-0.2, -0.15) is 5.10 Å². The Bertz CT molecular complexity index is 443. The highest BCUT2D eigenvalue weighted by molar-refractivity contribution is 7.84. The molecule has 0 saturated heterocycles. The van der Waals surface area contributed by atoms with E-state index in [1.807, 2.05) is 0 Å². The zero-order chi connectivity index (χ0) is 14.3. The molecule has 0 radical (unpaired) electrons. The molecule has 1 aromatic rings. The lowest BCUT2D eigenvalue weighted by Crippen LogP contribution is -2.12. The van der Waals surface area contributed by atoms with Crippen LogP contribution in [0.4, 0.5) is 0 Å². The lowest BCUT2D eigenvalue weighted by Gasteiger charge is -2.06. The summed E-state index contributed by atoms with van der Waals surface area (Å²) in [5.41, 5.74) is 1.11. The van der Waals surface area contributed by atoms with Crippen LogP contribution in [0.3, 0.4) is 0 Å². The van der Waals surface area contributed by atoms with E-state index in [9.17, 15) is 9.00 Å².